The predicted octanol–water partition coefficient (Wildman–Crippen LogP) is 3.33. The fourth-order valence-corrected chi connectivity index (χ4v) is 4.40. The van der Waals surface area contributed by atoms with E-state index in [2.05, 4.69) is 13.0 Å². The molecule has 2 heterocycles. The molecular formula is C26H28N4O4. The number of benzene rings is 1. The van der Waals surface area contributed by atoms with Crippen LogP contribution < -0.4 is 9.47 Å². The number of hydrogen-bond donors (Lipinski definition) is 0. The van der Waals surface area contributed by atoms with Crippen LogP contribution in [-0.2, 0) is 17.6 Å². The number of methoxy groups -OCH3 is 1. The third kappa shape index (κ3) is 4.36. The summed E-state index contributed by atoms with van der Waals surface area (Å²) in [6.07, 6.45) is 4.85. The van der Waals surface area contributed by atoms with Crippen LogP contribution in [0.5, 0.6) is 11.6 Å². The summed E-state index contributed by atoms with van der Waals surface area (Å²) >= 11 is 0. The molecule has 5 rings (SSSR count). The first-order valence-electron chi connectivity index (χ1n) is 11.7. The average molecular weight is 461 g/mol. The lowest BCUT2D eigenvalue weighted by Gasteiger charge is -2.31. The molecule has 1 aromatic heterocycles. The maximum absolute atomic E-state index is 13.0. The minimum absolute atomic E-state index is 0.0289. The summed E-state index contributed by atoms with van der Waals surface area (Å²) in [4.78, 5) is 24.3. The molecule has 0 unspecified atom stereocenters. The third-order valence-electron chi connectivity index (χ3n) is 6.59. The Hall–Kier alpha value is -3.44. The van der Waals surface area contributed by atoms with Crippen LogP contribution in [0, 0.1) is 11.3 Å². The van der Waals surface area contributed by atoms with E-state index in [0.717, 1.165) is 24.1 Å². The van der Waals surface area contributed by atoms with E-state index in [1.165, 1.54) is 0 Å². The highest BCUT2D eigenvalue weighted by Gasteiger charge is 2.42. The van der Waals surface area contributed by atoms with E-state index in [0.29, 0.717) is 66.7 Å². The van der Waals surface area contributed by atoms with Crippen LogP contribution in [0.4, 0.5) is 0 Å². The number of nitrogens with zero attached hydrogens (tertiary/aromatic N) is 4. The molecule has 3 aliphatic rings. The zero-order chi connectivity index (χ0) is 23.9. The number of rotatable bonds is 6. The highest BCUT2D eigenvalue weighted by molar-refractivity contribution is 5.95. The van der Waals surface area contributed by atoms with Crippen molar-refractivity contribution in [1.82, 2.24) is 14.9 Å². The van der Waals surface area contributed by atoms with E-state index in [1.54, 1.807) is 13.2 Å². The summed E-state index contributed by atoms with van der Waals surface area (Å²) < 4.78 is 17.4. The quantitative estimate of drug-likeness (QED) is 0.652. The van der Waals surface area contributed by atoms with Crippen molar-refractivity contribution >= 4 is 11.5 Å². The largest absolute Gasteiger partial charge is 0.496 e. The number of ether oxygens (including phenoxy) is 3. The lowest BCUT2D eigenvalue weighted by Crippen LogP contribution is -2.44. The predicted molar refractivity (Wildman–Crippen MR) is 125 cm³/mol. The molecule has 1 amide bonds. The van der Waals surface area contributed by atoms with Gasteiger partial charge in [0, 0.05) is 37.1 Å². The molecule has 0 bridgehead atoms. The second-order valence-corrected chi connectivity index (χ2v) is 9.39. The van der Waals surface area contributed by atoms with Gasteiger partial charge in [0.05, 0.1) is 42.7 Å². The van der Waals surface area contributed by atoms with Crippen LogP contribution in [0.1, 0.15) is 59.7 Å². The fourth-order valence-electron chi connectivity index (χ4n) is 4.40. The SMILES string of the molecule is COc1cc(C(=O)N2CCO[C@@H](C)C2)ccc1Cc1nc2c(c(OC3(C)CC3)n1)C(C#N)=CC2. The van der Waals surface area contributed by atoms with E-state index in [1.807, 2.05) is 30.0 Å². The molecule has 1 saturated heterocycles. The van der Waals surface area contributed by atoms with Gasteiger partial charge in [-0.1, -0.05) is 12.1 Å². The summed E-state index contributed by atoms with van der Waals surface area (Å²) in [5.74, 6) is 1.67. The number of morpholine rings is 1. The molecule has 1 saturated carbocycles. The monoisotopic (exact) mass is 460 g/mol. The summed E-state index contributed by atoms with van der Waals surface area (Å²) in [6.45, 7) is 5.72. The van der Waals surface area contributed by atoms with Gasteiger partial charge in [-0.3, -0.25) is 4.79 Å². The summed E-state index contributed by atoms with van der Waals surface area (Å²) in [5, 5.41) is 9.52. The molecule has 1 atom stereocenters. The van der Waals surface area contributed by atoms with E-state index in [-0.39, 0.29) is 17.6 Å². The summed E-state index contributed by atoms with van der Waals surface area (Å²) in [7, 11) is 1.60. The van der Waals surface area contributed by atoms with Gasteiger partial charge < -0.3 is 19.1 Å². The molecule has 2 aromatic rings. The zero-order valence-corrected chi connectivity index (χ0v) is 19.8. The van der Waals surface area contributed by atoms with Crippen molar-refractivity contribution in [2.24, 2.45) is 0 Å². The highest BCUT2D eigenvalue weighted by Crippen LogP contribution is 2.42. The molecule has 1 aromatic carbocycles. The Kier molecular flexibility index (Phi) is 5.74. The van der Waals surface area contributed by atoms with Gasteiger partial charge >= 0.3 is 0 Å². The molecule has 176 valence electrons. The number of carbonyl (C=O) groups excluding carboxylic acids is 1. The van der Waals surface area contributed by atoms with Crippen molar-refractivity contribution in [3.8, 4) is 17.7 Å². The molecule has 0 N–H and O–H groups in total. The Bertz CT molecular complexity index is 1210. The van der Waals surface area contributed by atoms with Crippen LogP contribution in [0.2, 0.25) is 0 Å². The van der Waals surface area contributed by atoms with Crippen molar-refractivity contribution in [2.75, 3.05) is 26.8 Å². The van der Waals surface area contributed by atoms with Crippen molar-refractivity contribution < 1.29 is 19.0 Å². The maximum Gasteiger partial charge on any atom is 0.254 e. The van der Waals surface area contributed by atoms with E-state index >= 15 is 0 Å². The molecular weight excluding hydrogens is 432 g/mol. The lowest BCUT2D eigenvalue weighted by atomic mass is 10.1. The smallest absolute Gasteiger partial charge is 0.254 e. The molecule has 8 nitrogen and oxygen atoms in total. The first-order chi connectivity index (χ1) is 16.4. The van der Waals surface area contributed by atoms with Crippen LogP contribution in [0.25, 0.3) is 5.57 Å². The van der Waals surface area contributed by atoms with Crippen LogP contribution in [0.15, 0.2) is 24.3 Å². The summed E-state index contributed by atoms with van der Waals surface area (Å²) in [6, 6.07) is 7.74. The minimum atomic E-state index is -0.223. The number of allylic oxidation sites excluding steroid dienone is 2. The number of carbonyl (C=O) groups is 1. The topological polar surface area (TPSA) is 97.6 Å². The Labute approximate surface area is 199 Å². The Balaban J connectivity index is 1.41. The van der Waals surface area contributed by atoms with E-state index in [9.17, 15) is 10.1 Å². The Morgan fingerprint density at radius 2 is 2.18 bits per heavy atom. The number of hydrogen-bond acceptors (Lipinski definition) is 7. The highest BCUT2D eigenvalue weighted by atomic mass is 16.5. The van der Waals surface area contributed by atoms with Crippen molar-refractivity contribution in [3.05, 3.63) is 52.5 Å². The van der Waals surface area contributed by atoms with Crippen molar-refractivity contribution in [1.29, 1.82) is 5.26 Å². The molecule has 0 radical (unpaired) electrons. The minimum Gasteiger partial charge on any atom is -0.496 e. The first-order valence-corrected chi connectivity index (χ1v) is 11.7. The van der Waals surface area contributed by atoms with Gasteiger partial charge in [-0.2, -0.15) is 10.2 Å². The van der Waals surface area contributed by atoms with Gasteiger partial charge in [0.1, 0.15) is 17.2 Å². The number of amides is 1. The normalized spacial score (nSPS) is 20.2. The van der Waals surface area contributed by atoms with Gasteiger partial charge in [-0.25, -0.2) is 4.98 Å². The lowest BCUT2D eigenvalue weighted by molar-refractivity contribution is -0.0124. The second-order valence-electron chi connectivity index (χ2n) is 9.39. The van der Waals surface area contributed by atoms with Crippen molar-refractivity contribution in [3.63, 3.8) is 0 Å². The van der Waals surface area contributed by atoms with Gasteiger partial charge in [-0.05, 0) is 38.8 Å². The van der Waals surface area contributed by atoms with E-state index < -0.39 is 0 Å². The summed E-state index contributed by atoms with van der Waals surface area (Å²) in [5.41, 5.74) is 3.33. The van der Waals surface area contributed by atoms with Crippen molar-refractivity contribution in [2.45, 2.75) is 51.2 Å². The molecule has 34 heavy (non-hydrogen) atoms. The van der Waals surface area contributed by atoms with Gasteiger partial charge in [0.25, 0.3) is 5.91 Å². The number of aromatic nitrogens is 2. The van der Waals surface area contributed by atoms with Crippen LogP contribution >= 0.6 is 0 Å². The fraction of sp³-hybridized carbons (Fsp3) is 0.462. The molecule has 2 aliphatic carbocycles. The molecule has 0 spiro atoms. The number of nitriles is 1. The molecule has 1 aliphatic heterocycles. The Morgan fingerprint density at radius 1 is 1.35 bits per heavy atom. The maximum atomic E-state index is 13.0. The van der Waals surface area contributed by atoms with E-state index in [4.69, 9.17) is 24.2 Å². The zero-order valence-electron chi connectivity index (χ0n) is 19.8. The third-order valence-corrected chi connectivity index (χ3v) is 6.59. The van der Waals surface area contributed by atoms with Gasteiger partial charge in [-0.15, -0.1) is 0 Å². The second kappa shape index (κ2) is 8.73. The Morgan fingerprint density at radius 3 is 2.88 bits per heavy atom. The van der Waals surface area contributed by atoms with Gasteiger partial charge in [0.15, 0.2) is 0 Å². The first kappa shape index (κ1) is 22.4. The van der Waals surface area contributed by atoms with Crippen LogP contribution in [0.3, 0.4) is 0 Å². The standard InChI is InChI=1S/C26H28N4O4/c1-16-15-30(10-11-33-16)25(31)18-5-4-17(21(12-18)32-3)13-22-28-20-7-6-19(14-27)23(20)24(29-22)34-26(2)8-9-26/h4-6,12,16H,7-11,13,15H2,1-3H3/t16-/m0/s1. The number of fused-ring (bicyclic) bond motifs is 1. The molecule has 2 fully saturated rings. The molecule has 8 heteroatoms. The van der Waals surface area contributed by atoms with Gasteiger partial charge in [0.2, 0.25) is 5.88 Å². The average Bonchev–Trinajstić information content (AvgIpc) is 3.40. The van der Waals surface area contributed by atoms with Crippen LogP contribution in [-0.4, -0.2) is 59.3 Å².